The third-order valence-electron chi connectivity index (χ3n) is 6.33. The Kier molecular flexibility index (Phi) is 7.17. The highest BCUT2D eigenvalue weighted by atomic mass is 16.4. The summed E-state index contributed by atoms with van der Waals surface area (Å²) in [5.74, 6) is -2.30. The summed E-state index contributed by atoms with van der Waals surface area (Å²) in [6, 6.07) is -2.12. The van der Waals surface area contributed by atoms with Gasteiger partial charge in [0, 0.05) is 47.0 Å². The number of fused-ring (bicyclic) bond motifs is 1. The summed E-state index contributed by atoms with van der Waals surface area (Å²) < 4.78 is 3.48. The van der Waals surface area contributed by atoms with Gasteiger partial charge in [-0.25, -0.2) is 9.78 Å². The number of aliphatic carboxylic acids is 1. The van der Waals surface area contributed by atoms with Crippen molar-refractivity contribution in [3.8, 4) is 0 Å². The number of nitrogens with zero attached hydrogens (tertiary/aromatic N) is 5. The molecule has 0 saturated carbocycles. The minimum absolute atomic E-state index is 0.0351. The van der Waals surface area contributed by atoms with E-state index in [4.69, 9.17) is 5.11 Å². The van der Waals surface area contributed by atoms with E-state index < -0.39 is 52.8 Å². The number of amides is 2. The van der Waals surface area contributed by atoms with Gasteiger partial charge in [0.15, 0.2) is 11.2 Å². The number of carboxylic acids is 1. The summed E-state index contributed by atoms with van der Waals surface area (Å²) in [6.45, 7) is 2.30. The molecule has 2 aromatic heterocycles. The van der Waals surface area contributed by atoms with Gasteiger partial charge in [-0.3, -0.25) is 28.3 Å². The van der Waals surface area contributed by atoms with Crippen molar-refractivity contribution in [3.05, 3.63) is 27.2 Å². The van der Waals surface area contributed by atoms with E-state index in [0.29, 0.717) is 0 Å². The lowest BCUT2D eigenvalue weighted by Crippen LogP contribution is -2.51. The van der Waals surface area contributed by atoms with Crippen molar-refractivity contribution in [2.75, 3.05) is 13.1 Å². The van der Waals surface area contributed by atoms with E-state index in [2.05, 4.69) is 10.3 Å². The first-order valence-corrected chi connectivity index (χ1v) is 11.0. The van der Waals surface area contributed by atoms with E-state index in [1.807, 2.05) is 0 Å². The number of nitrogens with one attached hydrogen (secondary N) is 1. The number of carboxylic acid groups (broad SMARTS) is 1. The van der Waals surface area contributed by atoms with Crippen LogP contribution < -0.4 is 16.6 Å². The second-order valence-electron chi connectivity index (χ2n) is 9.19. The quantitative estimate of drug-likeness (QED) is 0.342. The molecule has 14 nitrogen and oxygen atoms in total. The maximum absolute atomic E-state index is 13.3. The predicted octanol–water partition coefficient (Wildman–Crippen LogP) is -2.31. The van der Waals surface area contributed by atoms with Crippen molar-refractivity contribution in [3.63, 3.8) is 0 Å². The van der Waals surface area contributed by atoms with Crippen LogP contribution in [-0.4, -0.2) is 87.5 Å². The molecule has 0 unspecified atom stereocenters. The maximum Gasteiger partial charge on any atom is 0.332 e. The number of hydrogen-bond acceptors (Lipinski definition) is 8. The largest absolute Gasteiger partial charge is 0.481 e. The number of aliphatic hydroxyl groups is 2. The van der Waals surface area contributed by atoms with E-state index in [1.165, 1.54) is 48.3 Å². The molecule has 1 saturated heterocycles. The highest BCUT2D eigenvalue weighted by Crippen LogP contribution is 2.33. The van der Waals surface area contributed by atoms with Crippen LogP contribution in [0.5, 0.6) is 0 Å². The highest BCUT2D eigenvalue weighted by molar-refractivity contribution is 5.87. The molecule has 35 heavy (non-hydrogen) atoms. The number of carbonyl (C=O) groups is 3. The first-order valence-electron chi connectivity index (χ1n) is 11.0. The van der Waals surface area contributed by atoms with Gasteiger partial charge in [-0.05, 0) is 13.3 Å². The first-order chi connectivity index (χ1) is 16.2. The highest BCUT2D eigenvalue weighted by Gasteiger charge is 2.43. The molecule has 1 fully saturated rings. The van der Waals surface area contributed by atoms with Crippen LogP contribution >= 0.6 is 0 Å². The molecule has 0 aliphatic carbocycles. The Hall–Kier alpha value is -3.52. The average molecular weight is 495 g/mol. The van der Waals surface area contributed by atoms with E-state index in [-0.39, 0.29) is 43.5 Å². The second kappa shape index (κ2) is 9.62. The Labute approximate surface area is 199 Å². The molecule has 0 spiro atoms. The van der Waals surface area contributed by atoms with E-state index in [1.54, 1.807) is 0 Å². The fourth-order valence-corrected chi connectivity index (χ4v) is 4.57. The molecule has 4 atom stereocenters. The Morgan fingerprint density at radius 1 is 1.23 bits per heavy atom. The number of likely N-dealkylation sites (tertiary alicyclic amines) is 1. The number of imidazole rings is 1. The van der Waals surface area contributed by atoms with Crippen molar-refractivity contribution >= 4 is 28.9 Å². The molecule has 3 rings (SSSR count). The molecule has 2 aromatic rings. The average Bonchev–Trinajstić information content (AvgIpc) is 3.14. The summed E-state index contributed by atoms with van der Waals surface area (Å²) in [5, 5.41) is 33.3. The summed E-state index contributed by atoms with van der Waals surface area (Å²) in [4.78, 5) is 66.7. The van der Waals surface area contributed by atoms with E-state index >= 15 is 0 Å². The van der Waals surface area contributed by atoms with Crippen LogP contribution in [0.1, 0.15) is 39.2 Å². The van der Waals surface area contributed by atoms with Gasteiger partial charge in [0.1, 0.15) is 6.04 Å². The number of aryl methyl sites for hydroxylation is 1. The van der Waals surface area contributed by atoms with Crippen molar-refractivity contribution in [1.29, 1.82) is 0 Å². The van der Waals surface area contributed by atoms with Crippen molar-refractivity contribution in [2.45, 2.75) is 56.9 Å². The molecule has 192 valence electrons. The summed E-state index contributed by atoms with van der Waals surface area (Å²) in [7, 11) is 2.76. The molecule has 4 N–H and O–H groups in total. The molecule has 0 bridgehead atoms. The zero-order valence-electron chi connectivity index (χ0n) is 20.0. The van der Waals surface area contributed by atoms with Gasteiger partial charge < -0.3 is 30.1 Å². The zero-order chi connectivity index (χ0) is 26.2. The van der Waals surface area contributed by atoms with Crippen LogP contribution in [0, 0.1) is 0 Å². The van der Waals surface area contributed by atoms with Crippen LogP contribution in [0.3, 0.4) is 0 Å². The number of rotatable bonds is 6. The smallest absolute Gasteiger partial charge is 0.332 e. The van der Waals surface area contributed by atoms with Gasteiger partial charge in [-0.2, -0.15) is 0 Å². The Morgan fingerprint density at radius 2 is 1.89 bits per heavy atom. The Balaban J connectivity index is 2.08. The fraction of sp³-hybridized carbons (Fsp3) is 0.619. The van der Waals surface area contributed by atoms with Gasteiger partial charge in [-0.15, -0.1) is 0 Å². The van der Waals surface area contributed by atoms with Crippen molar-refractivity contribution < 1.29 is 29.7 Å². The van der Waals surface area contributed by atoms with Gasteiger partial charge in [0.2, 0.25) is 11.8 Å². The summed E-state index contributed by atoms with van der Waals surface area (Å²) in [5.41, 5.74) is -2.70. The minimum atomic E-state index is -1.60. The molecular formula is C21H30N6O8. The molecule has 0 aromatic carbocycles. The number of β-amino-alcohol motifs (C(OH)–C–C–N with tert-alkyl or cyclic N) is 1. The third-order valence-corrected chi connectivity index (χ3v) is 6.33. The van der Waals surface area contributed by atoms with Crippen LogP contribution in [0.15, 0.2) is 15.9 Å². The molecule has 0 radical (unpaired) electrons. The first kappa shape index (κ1) is 26.1. The molecule has 3 heterocycles. The van der Waals surface area contributed by atoms with Gasteiger partial charge >= 0.3 is 11.7 Å². The standard InChI is InChI=1S/C21H30N6O8/c1-11(28)23-13(5-6-15(30)31)18(32)26-8-12(29)7-21(2,35)14(9-26)27-10-22-17-16(27)19(33)25(4)20(34)24(17)3/h10,12-14,29,35H,5-9H2,1-4H3,(H,23,28)(H,30,31)/t12-,13-,14+,21+/m0/s1. The minimum Gasteiger partial charge on any atom is -0.481 e. The fourth-order valence-electron chi connectivity index (χ4n) is 4.57. The normalized spacial score (nSPS) is 23.7. The number of hydrogen-bond donors (Lipinski definition) is 4. The summed E-state index contributed by atoms with van der Waals surface area (Å²) in [6.07, 6.45) is -0.533. The lowest BCUT2D eigenvalue weighted by atomic mass is 9.91. The lowest BCUT2D eigenvalue weighted by molar-refractivity contribution is -0.140. The van der Waals surface area contributed by atoms with Crippen LogP contribution in [0.2, 0.25) is 0 Å². The van der Waals surface area contributed by atoms with Crippen LogP contribution in [0.25, 0.3) is 11.2 Å². The lowest BCUT2D eigenvalue weighted by Gasteiger charge is -2.35. The number of aliphatic hydroxyl groups excluding tert-OH is 1. The molecule has 1 aliphatic rings. The molecular weight excluding hydrogens is 464 g/mol. The SMILES string of the molecule is CC(=O)N[C@@H](CCC(=O)O)C(=O)N1C[C@@H](O)C[C@@](C)(O)[C@H](n2cnc3c2c(=O)n(C)c(=O)n3C)C1. The van der Waals surface area contributed by atoms with E-state index in [9.17, 15) is 34.2 Å². The van der Waals surface area contributed by atoms with Crippen LogP contribution in [-0.2, 0) is 28.5 Å². The molecule has 14 heteroatoms. The number of aromatic nitrogens is 4. The van der Waals surface area contributed by atoms with Gasteiger partial charge in [-0.1, -0.05) is 0 Å². The van der Waals surface area contributed by atoms with Gasteiger partial charge in [0.05, 0.1) is 24.1 Å². The third kappa shape index (κ3) is 5.12. The Morgan fingerprint density at radius 3 is 2.49 bits per heavy atom. The predicted molar refractivity (Wildman–Crippen MR) is 122 cm³/mol. The maximum atomic E-state index is 13.3. The monoisotopic (exact) mass is 494 g/mol. The van der Waals surface area contributed by atoms with Crippen molar-refractivity contribution in [2.24, 2.45) is 14.1 Å². The van der Waals surface area contributed by atoms with Crippen molar-refractivity contribution in [1.82, 2.24) is 28.9 Å². The van der Waals surface area contributed by atoms with E-state index in [0.717, 1.165) is 4.57 Å². The summed E-state index contributed by atoms with van der Waals surface area (Å²) >= 11 is 0. The Bertz CT molecular complexity index is 1280. The molecule has 1 aliphatic heterocycles. The van der Waals surface area contributed by atoms with Gasteiger partial charge in [0.25, 0.3) is 5.56 Å². The topological polar surface area (TPSA) is 189 Å². The number of carbonyl (C=O) groups excluding carboxylic acids is 2. The molecule has 2 amide bonds. The second-order valence-corrected chi connectivity index (χ2v) is 9.19. The van der Waals surface area contributed by atoms with Crippen LogP contribution in [0.4, 0.5) is 0 Å². The zero-order valence-corrected chi connectivity index (χ0v) is 20.0.